The molecule has 5 heteroatoms. The first-order chi connectivity index (χ1) is 10.7. The van der Waals surface area contributed by atoms with Crippen LogP contribution in [0.4, 0.5) is 0 Å². The Morgan fingerprint density at radius 3 is 2.77 bits per heavy atom. The minimum absolute atomic E-state index is 0.224. The number of carbonyl (C=O) groups excluding carboxylic acids is 1. The summed E-state index contributed by atoms with van der Waals surface area (Å²) in [5.74, 6) is -0.224. The second-order valence-electron chi connectivity index (χ2n) is 5.50. The van der Waals surface area contributed by atoms with E-state index in [1.165, 1.54) is 6.20 Å². The molecular formula is C17H19N3O2. The number of amides is 1. The van der Waals surface area contributed by atoms with Crippen LogP contribution in [0.2, 0.25) is 0 Å². The SMILES string of the molecule is O=C(N[C@@]1(c2ccccc2)CCNC[C@H]1O)c1cccnc1. The molecule has 1 aromatic carbocycles. The Morgan fingerprint density at radius 2 is 2.09 bits per heavy atom. The van der Waals surface area contributed by atoms with Crippen LogP contribution in [-0.4, -0.2) is 35.2 Å². The Balaban J connectivity index is 1.94. The first-order valence-corrected chi connectivity index (χ1v) is 7.39. The van der Waals surface area contributed by atoms with Gasteiger partial charge in [0.1, 0.15) is 0 Å². The van der Waals surface area contributed by atoms with Crippen LogP contribution in [0.3, 0.4) is 0 Å². The minimum atomic E-state index is -0.778. The lowest BCUT2D eigenvalue weighted by atomic mass is 9.79. The summed E-state index contributed by atoms with van der Waals surface area (Å²) in [4.78, 5) is 16.5. The number of hydrogen-bond donors (Lipinski definition) is 3. The number of nitrogens with zero attached hydrogens (tertiary/aromatic N) is 1. The maximum absolute atomic E-state index is 12.6. The number of rotatable bonds is 3. The summed E-state index contributed by atoms with van der Waals surface area (Å²) in [6.45, 7) is 1.18. The molecule has 2 aromatic rings. The van der Waals surface area contributed by atoms with Crippen LogP contribution in [-0.2, 0) is 5.54 Å². The van der Waals surface area contributed by atoms with E-state index in [0.717, 1.165) is 12.1 Å². The lowest BCUT2D eigenvalue weighted by Crippen LogP contribution is -2.61. The number of pyridine rings is 1. The molecular weight excluding hydrogens is 278 g/mol. The number of aliphatic hydroxyl groups is 1. The third kappa shape index (κ3) is 2.73. The summed E-state index contributed by atoms with van der Waals surface area (Å²) in [6.07, 6.45) is 3.10. The van der Waals surface area contributed by atoms with Crippen molar-refractivity contribution in [3.8, 4) is 0 Å². The topological polar surface area (TPSA) is 74.2 Å². The van der Waals surface area contributed by atoms with Gasteiger partial charge in [0.05, 0.1) is 17.2 Å². The number of β-amino-alcohol motifs (C(OH)–C–C–N with tert-alkyl or cyclic N) is 1. The Hall–Kier alpha value is -2.24. The molecule has 3 rings (SSSR count). The zero-order valence-corrected chi connectivity index (χ0v) is 12.2. The number of nitrogens with one attached hydrogen (secondary N) is 2. The Labute approximate surface area is 129 Å². The molecule has 114 valence electrons. The van der Waals surface area contributed by atoms with Gasteiger partial charge in [-0.05, 0) is 30.7 Å². The zero-order chi connectivity index (χ0) is 15.4. The van der Waals surface area contributed by atoms with Gasteiger partial charge >= 0.3 is 0 Å². The normalized spacial score (nSPS) is 24.7. The smallest absolute Gasteiger partial charge is 0.253 e. The van der Waals surface area contributed by atoms with Gasteiger partial charge in [-0.3, -0.25) is 9.78 Å². The van der Waals surface area contributed by atoms with Gasteiger partial charge in [0.25, 0.3) is 5.91 Å². The lowest BCUT2D eigenvalue weighted by Gasteiger charge is -2.43. The zero-order valence-electron chi connectivity index (χ0n) is 12.2. The van der Waals surface area contributed by atoms with E-state index in [2.05, 4.69) is 15.6 Å². The van der Waals surface area contributed by atoms with Crippen molar-refractivity contribution < 1.29 is 9.90 Å². The predicted molar refractivity (Wildman–Crippen MR) is 83.3 cm³/mol. The van der Waals surface area contributed by atoms with Gasteiger partial charge in [0.15, 0.2) is 0 Å². The fourth-order valence-electron chi connectivity index (χ4n) is 2.93. The molecule has 1 aliphatic heterocycles. The van der Waals surface area contributed by atoms with E-state index in [4.69, 9.17) is 0 Å². The molecule has 0 aliphatic carbocycles. The van der Waals surface area contributed by atoms with Crippen LogP contribution in [0.5, 0.6) is 0 Å². The van der Waals surface area contributed by atoms with E-state index in [1.54, 1.807) is 18.3 Å². The molecule has 0 unspecified atom stereocenters. The highest BCUT2D eigenvalue weighted by Gasteiger charge is 2.42. The maximum Gasteiger partial charge on any atom is 0.253 e. The fourth-order valence-corrected chi connectivity index (χ4v) is 2.93. The lowest BCUT2D eigenvalue weighted by molar-refractivity contribution is 0.0289. The molecule has 0 bridgehead atoms. The maximum atomic E-state index is 12.6. The van der Waals surface area contributed by atoms with E-state index in [1.807, 2.05) is 30.3 Å². The fraction of sp³-hybridized carbons (Fsp3) is 0.294. The minimum Gasteiger partial charge on any atom is -0.389 e. The molecule has 1 aromatic heterocycles. The van der Waals surface area contributed by atoms with Crippen LogP contribution in [0.15, 0.2) is 54.9 Å². The van der Waals surface area contributed by atoms with Crippen LogP contribution < -0.4 is 10.6 Å². The molecule has 0 spiro atoms. The predicted octanol–water partition coefficient (Wildman–Crippen LogP) is 1.06. The van der Waals surface area contributed by atoms with Crippen molar-refractivity contribution >= 4 is 5.91 Å². The first kappa shape index (κ1) is 14.7. The van der Waals surface area contributed by atoms with E-state index < -0.39 is 11.6 Å². The summed E-state index contributed by atoms with van der Waals surface area (Å²) >= 11 is 0. The summed E-state index contributed by atoms with van der Waals surface area (Å²) in [6, 6.07) is 13.1. The molecule has 22 heavy (non-hydrogen) atoms. The standard InChI is InChI=1S/C17H19N3O2/c21-15-12-19-10-8-17(15,14-6-2-1-3-7-14)20-16(22)13-5-4-9-18-11-13/h1-7,9,11,15,19,21H,8,10,12H2,(H,20,22)/t15-,17-/m1/s1. The van der Waals surface area contributed by atoms with Crippen LogP contribution in [0.25, 0.3) is 0 Å². The summed E-state index contributed by atoms with van der Waals surface area (Å²) in [5, 5.41) is 16.8. The van der Waals surface area contributed by atoms with Gasteiger partial charge in [0, 0.05) is 18.9 Å². The van der Waals surface area contributed by atoms with Crippen molar-refractivity contribution in [3.05, 3.63) is 66.0 Å². The highest BCUT2D eigenvalue weighted by molar-refractivity contribution is 5.94. The number of aliphatic hydroxyl groups excluding tert-OH is 1. The van der Waals surface area contributed by atoms with Crippen LogP contribution in [0.1, 0.15) is 22.3 Å². The van der Waals surface area contributed by atoms with Gasteiger partial charge in [-0.1, -0.05) is 30.3 Å². The molecule has 3 N–H and O–H groups in total. The summed E-state index contributed by atoms with van der Waals surface area (Å²) in [7, 11) is 0. The van der Waals surface area contributed by atoms with Crippen molar-refractivity contribution in [3.63, 3.8) is 0 Å². The molecule has 1 amide bonds. The summed E-state index contributed by atoms with van der Waals surface area (Å²) in [5.41, 5.74) is 0.629. The van der Waals surface area contributed by atoms with Crippen LogP contribution in [0, 0.1) is 0 Å². The van der Waals surface area contributed by atoms with Crippen LogP contribution >= 0.6 is 0 Å². The van der Waals surface area contributed by atoms with E-state index in [-0.39, 0.29) is 5.91 Å². The largest absolute Gasteiger partial charge is 0.389 e. The van der Waals surface area contributed by atoms with E-state index in [9.17, 15) is 9.90 Å². The second-order valence-corrected chi connectivity index (χ2v) is 5.50. The van der Waals surface area contributed by atoms with Crippen molar-refractivity contribution in [2.45, 2.75) is 18.1 Å². The molecule has 5 nitrogen and oxygen atoms in total. The molecule has 2 atom stereocenters. The quantitative estimate of drug-likeness (QED) is 0.792. The first-order valence-electron chi connectivity index (χ1n) is 7.39. The van der Waals surface area contributed by atoms with Gasteiger partial charge in [-0.25, -0.2) is 0 Å². The van der Waals surface area contributed by atoms with Gasteiger partial charge in [-0.15, -0.1) is 0 Å². The molecule has 0 radical (unpaired) electrons. The third-order valence-corrected chi connectivity index (χ3v) is 4.15. The molecule has 1 saturated heterocycles. The molecule has 2 heterocycles. The number of aromatic nitrogens is 1. The monoisotopic (exact) mass is 297 g/mol. The van der Waals surface area contributed by atoms with Gasteiger partial charge in [-0.2, -0.15) is 0 Å². The van der Waals surface area contributed by atoms with Gasteiger partial charge < -0.3 is 15.7 Å². The molecule has 0 saturated carbocycles. The number of piperidine rings is 1. The van der Waals surface area contributed by atoms with Crippen molar-refractivity contribution in [1.29, 1.82) is 0 Å². The number of benzene rings is 1. The van der Waals surface area contributed by atoms with E-state index in [0.29, 0.717) is 18.5 Å². The third-order valence-electron chi connectivity index (χ3n) is 4.15. The molecule has 1 fully saturated rings. The highest BCUT2D eigenvalue weighted by Crippen LogP contribution is 2.31. The van der Waals surface area contributed by atoms with Crippen molar-refractivity contribution in [2.75, 3.05) is 13.1 Å². The summed E-state index contributed by atoms with van der Waals surface area (Å²) < 4.78 is 0. The Bertz CT molecular complexity index is 633. The van der Waals surface area contributed by atoms with E-state index >= 15 is 0 Å². The highest BCUT2D eigenvalue weighted by atomic mass is 16.3. The molecule has 1 aliphatic rings. The van der Waals surface area contributed by atoms with Crippen molar-refractivity contribution in [1.82, 2.24) is 15.6 Å². The van der Waals surface area contributed by atoms with Crippen molar-refractivity contribution in [2.24, 2.45) is 0 Å². The second kappa shape index (κ2) is 6.25. The number of hydrogen-bond acceptors (Lipinski definition) is 4. The Morgan fingerprint density at radius 1 is 1.27 bits per heavy atom. The average molecular weight is 297 g/mol. The Kier molecular flexibility index (Phi) is 4.18. The van der Waals surface area contributed by atoms with Gasteiger partial charge in [0.2, 0.25) is 0 Å². The average Bonchev–Trinajstić information content (AvgIpc) is 2.58. The number of carbonyl (C=O) groups is 1.